The van der Waals surface area contributed by atoms with Crippen LogP contribution in [0.4, 0.5) is 0 Å². The van der Waals surface area contributed by atoms with Crippen LogP contribution in [0.15, 0.2) is 5.16 Å². The Morgan fingerprint density at radius 3 is 2.62 bits per heavy atom. The van der Waals surface area contributed by atoms with Crippen LogP contribution in [0.3, 0.4) is 0 Å². The molecule has 5 atom stereocenters. The SMILES string of the molecule is CSCCCO[C@@H]1[C@@H](O)[C@H](S/C=N/OS(=O)(=O)O)O[C@H](CO)[C@H]1O. The number of aliphatic hydroxyl groups is 3. The summed E-state index contributed by atoms with van der Waals surface area (Å²) in [6.07, 6.45) is -1.76. The van der Waals surface area contributed by atoms with Gasteiger partial charge in [-0.2, -0.15) is 20.2 Å². The van der Waals surface area contributed by atoms with Gasteiger partial charge in [0.1, 0.15) is 35.4 Å². The fraction of sp³-hybridized carbons (Fsp3) is 0.909. The predicted molar refractivity (Wildman–Crippen MR) is 89.2 cm³/mol. The first-order valence-electron chi connectivity index (χ1n) is 6.86. The number of hydrogen-bond acceptors (Lipinski definition) is 11. The van der Waals surface area contributed by atoms with E-state index in [1.807, 2.05) is 6.26 Å². The zero-order chi connectivity index (χ0) is 18.2. The summed E-state index contributed by atoms with van der Waals surface area (Å²) in [5.74, 6) is 0.858. The Balaban J connectivity index is 2.64. The largest absolute Gasteiger partial charge is 0.466 e. The van der Waals surface area contributed by atoms with Gasteiger partial charge in [-0.25, -0.2) is 4.28 Å². The molecule has 1 aliphatic rings. The molecule has 4 N–H and O–H groups in total. The van der Waals surface area contributed by atoms with Gasteiger partial charge in [0.25, 0.3) is 0 Å². The summed E-state index contributed by atoms with van der Waals surface area (Å²) in [7, 11) is -4.71. The van der Waals surface area contributed by atoms with Gasteiger partial charge < -0.3 is 24.8 Å². The van der Waals surface area contributed by atoms with Crippen molar-refractivity contribution in [2.45, 2.75) is 36.3 Å². The number of rotatable bonds is 10. The van der Waals surface area contributed by atoms with Gasteiger partial charge in [-0.15, -0.1) is 0 Å². The maximum atomic E-state index is 10.4. The van der Waals surface area contributed by atoms with Crippen LogP contribution in [0.25, 0.3) is 0 Å². The van der Waals surface area contributed by atoms with E-state index in [4.69, 9.17) is 14.0 Å². The quantitative estimate of drug-likeness (QED) is 0.117. The van der Waals surface area contributed by atoms with Crippen LogP contribution < -0.4 is 0 Å². The number of hydrogen-bond donors (Lipinski definition) is 4. The summed E-state index contributed by atoms with van der Waals surface area (Å²) in [6.45, 7) is -0.177. The molecule has 0 aromatic carbocycles. The molecule has 0 aromatic heterocycles. The molecule has 1 saturated heterocycles. The van der Waals surface area contributed by atoms with E-state index in [-0.39, 0.29) is 0 Å². The summed E-state index contributed by atoms with van der Waals surface area (Å²) < 4.78 is 43.6. The lowest BCUT2D eigenvalue weighted by atomic mass is 10.00. The maximum Gasteiger partial charge on any atom is 0.466 e. The fourth-order valence-corrected chi connectivity index (χ4v) is 3.29. The molecule has 24 heavy (non-hydrogen) atoms. The van der Waals surface area contributed by atoms with E-state index < -0.39 is 46.9 Å². The molecule has 1 rings (SSSR count). The summed E-state index contributed by atoms with van der Waals surface area (Å²) in [5.41, 5.74) is -0.0803. The van der Waals surface area contributed by atoms with Crippen molar-refractivity contribution >= 4 is 39.5 Å². The summed E-state index contributed by atoms with van der Waals surface area (Å²) in [4.78, 5) is 0. The summed E-state index contributed by atoms with van der Waals surface area (Å²) >= 11 is 2.38. The average molecular weight is 407 g/mol. The van der Waals surface area contributed by atoms with Crippen LogP contribution in [0.2, 0.25) is 0 Å². The zero-order valence-electron chi connectivity index (χ0n) is 12.8. The smallest absolute Gasteiger partial charge is 0.394 e. The van der Waals surface area contributed by atoms with Gasteiger partial charge in [0.05, 0.1) is 6.61 Å². The fourth-order valence-electron chi connectivity index (χ4n) is 1.94. The van der Waals surface area contributed by atoms with E-state index in [1.165, 1.54) is 0 Å². The van der Waals surface area contributed by atoms with Gasteiger partial charge in [-0.05, 0) is 18.4 Å². The minimum atomic E-state index is -4.71. The Morgan fingerprint density at radius 1 is 1.33 bits per heavy atom. The molecule has 1 aliphatic heterocycles. The van der Waals surface area contributed by atoms with E-state index >= 15 is 0 Å². The van der Waals surface area contributed by atoms with Gasteiger partial charge >= 0.3 is 10.4 Å². The van der Waals surface area contributed by atoms with Crippen molar-refractivity contribution in [1.29, 1.82) is 0 Å². The highest BCUT2D eigenvalue weighted by Crippen LogP contribution is 2.29. The van der Waals surface area contributed by atoms with Gasteiger partial charge in [-0.3, -0.25) is 4.55 Å². The van der Waals surface area contributed by atoms with E-state index in [0.717, 1.165) is 29.5 Å². The minimum Gasteiger partial charge on any atom is -0.394 e. The van der Waals surface area contributed by atoms with Crippen molar-refractivity contribution in [2.75, 3.05) is 25.2 Å². The number of thioether (sulfide) groups is 2. The standard InChI is InChI=1S/C11H21NO9S3/c1-22-4-2-3-19-10-8(14)7(5-13)20-11(9(10)15)23-6-12-21-24(16,17)18/h6-11,13-15H,2-5H2,1H3,(H,16,17,18)/b12-6+/t7-,8-,9-,10+,11+/m1/s1. The minimum absolute atomic E-state index is 0.315. The monoisotopic (exact) mass is 407 g/mol. The average Bonchev–Trinajstić information content (AvgIpc) is 2.51. The van der Waals surface area contributed by atoms with Crippen molar-refractivity contribution in [3.63, 3.8) is 0 Å². The zero-order valence-corrected chi connectivity index (χ0v) is 15.2. The first kappa shape index (κ1) is 21.9. The van der Waals surface area contributed by atoms with Crippen LogP contribution in [0.5, 0.6) is 0 Å². The Morgan fingerprint density at radius 2 is 2.04 bits per heavy atom. The molecule has 1 fully saturated rings. The first-order valence-corrected chi connectivity index (χ1v) is 10.6. The van der Waals surface area contributed by atoms with Gasteiger partial charge in [0.15, 0.2) is 0 Å². The molecule has 10 nitrogen and oxygen atoms in total. The molecule has 0 amide bonds. The number of nitrogens with zero attached hydrogens (tertiary/aromatic N) is 1. The van der Waals surface area contributed by atoms with Crippen LogP contribution in [0, 0.1) is 0 Å². The second-order valence-electron chi connectivity index (χ2n) is 4.74. The van der Waals surface area contributed by atoms with Crippen molar-refractivity contribution in [3.8, 4) is 0 Å². The Bertz CT molecular complexity index is 489. The molecule has 0 aromatic rings. The lowest BCUT2D eigenvalue weighted by Gasteiger charge is -2.41. The topological polar surface area (TPSA) is 155 Å². The molecular weight excluding hydrogens is 386 g/mol. The summed E-state index contributed by atoms with van der Waals surface area (Å²) in [6, 6.07) is 0. The number of oxime groups is 1. The number of aliphatic hydroxyl groups excluding tert-OH is 3. The molecule has 0 spiro atoms. The highest BCUT2D eigenvalue weighted by atomic mass is 32.3. The maximum absolute atomic E-state index is 10.4. The third-order valence-electron chi connectivity index (χ3n) is 3.00. The second kappa shape index (κ2) is 10.8. The molecule has 13 heteroatoms. The normalized spacial score (nSPS) is 31.5. The number of ether oxygens (including phenoxy) is 2. The van der Waals surface area contributed by atoms with E-state index in [2.05, 4.69) is 9.44 Å². The van der Waals surface area contributed by atoms with Crippen LogP contribution in [-0.2, 0) is 24.2 Å². The van der Waals surface area contributed by atoms with Crippen LogP contribution in [-0.4, -0.2) is 88.9 Å². The predicted octanol–water partition coefficient (Wildman–Crippen LogP) is -0.940. The molecule has 142 valence electrons. The summed E-state index contributed by atoms with van der Waals surface area (Å²) in [5, 5.41) is 32.6. The van der Waals surface area contributed by atoms with E-state index in [0.29, 0.717) is 6.61 Å². The van der Waals surface area contributed by atoms with Crippen molar-refractivity contribution in [2.24, 2.45) is 5.16 Å². The Hall–Kier alpha value is -0.120. The third kappa shape index (κ3) is 7.41. The lowest BCUT2D eigenvalue weighted by Crippen LogP contribution is -2.58. The van der Waals surface area contributed by atoms with Gasteiger partial charge in [0, 0.05) is 6.61 Å². The van der Waals surface area contributed by atoms with Crippen molar-refractivity contribution in [3.05, 3.63) is 0 Å². The van der Waals surface area contributed by atoms with Crippen molar-refractivity contribution in [1.82, 2.24) is 0 Å². The van der Waals surface area contributed by atoms with E-state index in [1.54, 1.807) is 11.8 Å². The second-order valence-corrected chi connectivity index (χ2v) is 7.68. The van der Waals surface area contributed by atoms with Crippen molar-refractivity contribution < 1.29 is 42.0 Å². The highest BCUT2D eigenvalue weighted by Gasteiger charge is 2.45. The molecule has 0 bridgehead atoms. The first-order chi connectivity index (χ1) is 11.3. The lowest BCUT2D eigenvalue weighted by molar-refractivity contribution is -0.219. The van der Waals surface area contributed by atoms with Gasteiger partial charge in [-0.1, -0.05) is 16.9 Å². The Labute approximate surface area is 148 Å². The van der Waals surface area contributed by atoms with Gasteiger partial charge in [0.2, 0.25) is 0 Å². The van der Waals surface area contributed by atoms with Crippen LogP contribution >= 0.6 is 23.5 Å². The molecule has 0 radical (unpaired) electrons. The van der Waals surface area contributed by atoms with E-state index in [9.17, 15) is 23.7 Å². The molecule has 0 aliphatic carbocycles. The molecule has 1 heterocycles. The molecule has 0 saturated carbocycles. The third-order valence-corrected chi connectivity index (χ3v) is 4.84. The highest BCUT2D eigenvalue weighted by molar-refractivity contribution is 8.12. The Kier molecular flexibility index (Phi) is 9.84. The van der Waals surface area contributed by atoms with Crippen LogP contribution in [0.1, 0.15) is 6.42 Å². The molecule has 0 unspecified atom stereocenters. The molecular formula is C11H21NO9S3.